The minimum absolute atomic E-state index is 0.0972. The first kappa shape index (κ1) is 23.3. The zero-order valence-corrected chi connectivity index (χ0v) is 21.0. The highest BCUT2D eigenvalue weighted by molar-refractivity contribution is 6.05. The van der Waals surface area contributed by atoms with Crippen LogP contribution in [0, 0.1) is 0 Å². The van der Waals surface area contributed by atoms with Gasteiger partial charge in [0.2, 0.25) is 11.8 Å². The van der Waals surface area contributed by atoms with E-state index < -0.39 is 11.9 Å². The second-order valence-corrected chi connectivity index (χ2v) is 10.8. The molecule has 0 radical (unpaired) electrons. The number of benzene rings is 2. The van der Waals surface area contributed by atoms with Gasteiger partial charge in [-0.15, -0.1) is 0 Å². The summed E-state index contributed by atoms with van der Waals surface area (Å²) in [6.07, 6.45) is 5.85. The van der Waals surface area contributed by atoms with Gasteiger partial charge in [-0.1, -0.05) is 12.1 Å². The fourth-order valence-electron chi connectivity index (χ4n) is 6.40. The van der Waals surface area contributed by atoms with Gasteiger partial charge in [-0.3, -0.25) is 29.6 Å². The Labute approximate surface area is 220 Å². The molecule has 1 N–H and O–H groups in total. The van der Waals surface area contributed by atoms with Crippen LogP contribution in [-0.2, 0) is 16.1 Å². The first-order valence-corrected chi connectivity index (χ1v) is 13.4. The molecule has 0 bridgehead atoms. The Morgan fingerprint density at radius 1 is 0.974 bits per heavy atom. The van der Waals surface area contributed by atoms with E-state index in [9.17, 15) is 14.4 Å². The smallest absolute Gasteiger partial charge is 0.255 e. The number of aromatic nitrogens is 2. The molecular weight excluding hydrogens is 482 g/mol. The number of piperidine rings is 1. The highest BCUT2D eigenvalue weighted by Gasteiger charge is 2.42. The predicted octanol–water partition coefficient (Wildman–Crippen LogP) is 2.79. The van der Waals surface area contributed by atoms with Gasteiger partial charge in [-0.05, 0) is 61.6 Å². The van der Waals surface area contributed by atoms with Crippen molar-refractivity contribution >= 4 is 28.8 Å². The minimum atomic E-state index is -0.608. The average molecular weight is 512 g/mol. The molecule has 2 saturated heterocycles. The number of imide groups is 1. The molecule has 9 heteroatoms. The van der Waals surface area contributed by atoms with Crippen LogP contribution in [-0.4, -0.2) is 68.8 Å². The van der Waals surface area contributed by atoms with Crippen LogP contribution in [0.1, 0.15) is 59.6 Å². The summed E-state index contributed by atoms with van der Waals surface area (Å²) in [5, 5.41) is 2.35. The highest BCUT2D eigenvalue weighted by atomic mass is 16.5. The van der Waals surface area contributed by atoms with E-state index >= 15 is 0 Å². The third-order valence-electron chi connectivity index (χ3n) is 8.46. The van der Waals surface area contributed by atoms with Crippen molar-refractivity contribution in [2.24, 2.45) is 0 Å². The van der Waals surface area contributed by atoms with Crippen LogP contribution >= 0.6 is 0 Å². The number of carbonyl (C=O) groups excluding carboxylic acids is 3. The molecule has 3 aliphatic heterocycles. The maximum Gasteiger partial charge on any atom is 0.255 e. The molecule has 4 heterocycles. The lowest BCUT2D eigenvalue weighted by Gasteiger charge is -2.44. The summed E-state index contributed by atoms with van der Waals surface area (Å²) < 4.78 is 6.50. The summed E-state index contributed by atoms with van der Waals surface area (Å²) in [6.45, 7) is 2.26. The van der Waals surface area contributed by atoms with Crippen molar-refractivity contribution in [3.05, 3.63) is 65.5 Å². The van der Waals surface area contributed by atoms with Crippen molar-refractivity contribution in [2.75, 3.05) is 13.1 Å². The van der Waals surface area contributed by atoms with Crippen molar-refractivity contribution in [2.45, 2.75) is 62.8 Å². The van der Waals surface area contributed by atoms with Crippen molar-refractivity contribution in [3.8, 4) is 5.75 Å². The first-order chi connectivity index (χ1) is 18.5. The van der Waals surface area contributed by atoms with Gasteiger partial charge in [0.05, 0.1) is 16.7 Å². The molecule has 7 rings (SSSR count). The average Bonchev–Trinajstić information content (AvgIpc) is 3.47. The molecule has 9 nitrogen and oxygen atoms in total. The topological polar surface area (TPSA) is 105 Å². The molecule has 2 aromatic carbocycles. The number of fused-ring (bicyclic) bond motifs is 2. The summed E-state index contributed by atoms with van der Waals surface area (Å²) in [5.74, 6) is 0.308. The summed E-state index contributed by atoms with van der Waals surface area (Å²) in [7, 11) is 0. The van der Waals surface area contributed by atoms with Crippen LogP contribution in [0.5, 0.6) is 5.75 Å². The Morgan fingerprint density at radius 3 is 2.66 bits per heavy atom. The number of hydrogen-bond acceptors (Lipinski definition) is 7. The Bertz CT molecular complexity index is 1450. The Hall–Kier alpha value is -3.85. The van der Waals surface area contributed by atoms with E-state index in [1.165, 1.54) is 0 Å². The standard InChI is InChI=1S/C29H29N5O4/c35-27-11-10-25(28(36)32-27)34-16-17-12-19(8-9-20(17)29(34)37)38-26-7-3-6-24(26)33-14-18(15-33)23-13-30-21-4-1-2-5-22(21)31-23/h1-2,4-5,8-9,12-13,18,24-26H,3,6-7,10-11,14-16H2,(H,32,35,36)/t24-,25?,26-/m1/s1. The number of para-hydroxylation sites is 2. The Kier molecular flexibility index (Phi) is 5.61. The summed E-state index contributed by atoms with van der Waals surface area (Å²) in [4.78, 5) is 50.3. The molecule has 3 amide bonds. The lowest BCUT2D eigenvalue weighted by Crippen LogP contribution is -2.54. The number of nitrogens with one attached hydrogen (secondary N) is 1. The normalized spacial score (nSPS) is 25.9. The van der Waals surface area contributed by atoms with Gasteiger partial charge in [0.25, 0.3) is 5.91 Å². The van der Waals surface area contributed by atoms with E-state index in [0.29, 0.717) is 30.5 Å². The third-order valence-corrected chi connectivity index (χ3v) is 8.46. The van der Waals surface area contributed by atoms with E-state index in [4.69, 9.17) is 9.72 Å². The van der Waals surface area contributed by atoms with E-state index in [1.54, 1.807) is 11.0 Å². The van der Waals surface area contributed by atoms with E-state index in [2.05, 4.69) is 15.2 Å². The molecule has 3 fully saturated rings. The number of likely N-dealkylation sites (tertiary alicyclic amines) is 1. The molecule has 1 unspecified atom stereocenters. The molecule has 3 aromatic rings. The first-order valence-electron chi connectivity index (χ1n) is 13.4. The number of carbonyl (C=O) groups is 3. The van der Waals surface area contributed by atoms with E-state index in [1.807, 2.05) is 42.6 Å². The number of hydrogen-bond donors (Lipinski definition) is 1. The fourth-order valence-corrected chi connectivity index (χ4v) is 6.40. The van der Waals surface area contributed by atoms with Gasteiger partial charge in [-0.2, -0.15) is 0 Å². The van der Waals surface area contributed by atoms with Gasteiger partial charge >= 0.3 is 0 Å². The summed E-state index contributed by atoms with van der Waals surface area (Å²) in [5.41, 5.74) is 4.39. The minimum Gasteiger partial charge on any atom is -0.489 e. The summed E-state index contributed by atoms with van der Waals surface area (Å²) in [6, 6.07) is 13.3. The Morgan fingerprint density at radius 2 is 1.82 bits per heavy atom. The fraction of sp³-hybridized carbons (Fsp3) is 0.414. The number of ether oxygens (including phenoxy) is 1. The summed E-state index contributed by atoms with van der Waals surface area (Å²) >= 11 is 0. The van der Waals surface area contributed by atoms with E-state index in [0.717, 1.165) is 60.4 Å². The lowest BCUT2D eigenvalue weighted by atomic mass is 9.93. The molecular formula is C29H29N5O4. The predicted molar refractivity (Wildman–Crippen MR) is 138 cm³/mol. The SMILES string of the molecule is O=C1CCC(N2Cc3cc(O[C@@H]4CCC[C@H]4N4CC(c5cnc6ccccc6n5)C4)ccc3C2=O)C(=O)N1. The van der Waals surface area contributed by atoms with Gasteiger partial charge in [0.15, 0.2) is 0 Å². The molecule has 1 aliphatic carbocycles. The number of rotatable bonds is 5. The molecule has 194 valence electrons. The zero-order chi connectivity index (χ0) is 25.8. The van der Waals surface area contributed by atoms with Crippen LogP contribution in [0.4, 0.5) is 0 Å². The lowest BCUT2D eigenvalue weighted by molar-refractivity contribution is -0.136. The second-order valence-electron chi connectivity index (χ2n) is 10.8. The second kappa shape index (κ2) is 9.16. The molecule has 3 atom stereocenters. The van der Waals surface area contributed by atoms with Crippen molar-refractivity contribution in [1.29, 1.82) is 0 Å². The number of nitrogens with zero attached hydrogens (tertiary/aromatic N) is 4. The van der Waals surface area contributed by atoms with Crippen LogP contribution in [0.3, 0.4) is 0 Å². The van der Waals surface area contributed by atoms with Gasteiger partial charge in [0.1, 0.15) is 17.9 Å². The van der Waals surface area contributed by atoms with Crippen LogP contribution in [0.2, 0.25) is 0 Å². The zero-order valence-electron chi connectivity index (χ0n) is 21.0. The van der Waals surface area contributed by atoms with Crippen LogP contribution in [0.15, 0.2) is 48.7 Å². The van der Waals surface area contributed by atoms with E-state index in [-0.39, 0.29) is 24.3 Å². The van der Waals surface area contributed by atoms with Gasteiger partial charge < -0.3 is 9.64 Å². The Balaban J connectivity index is 1.00. The number of amides is 3. The molecule has 4 aliphatic rings. The van der Waals surface area contributed by atoms with Crippen molar-refractivity contribution < 1.29 is 19.1 Å². The molecule has 1 aromatic heterocycles. The van der Waals surface area contributed by atoms with Gasteiger partial charge in [-0.25, -0.2) is 4.98 Å². The van der Waals surface area contributed by atoms with Crippen molar-refractivity contribution in [1.82, 2.24) is 25.1 Å². The van der Waals surface area contributed by atoms with Crippen LogP contribution in [0.25, 0.3) is 11.0 Å². The molecule has 0 spiro atoms. The largest absolute Gasteiger partial charge is 0.489 e. The molecule has 1 saturated carbocycles. The quantitative estimate of drug-likeness (QED) is 0.525. The maximum atomic E-state index is 13.0. The maximum absolute atomic E-state index is 13.0. The highest BCUT2D eigenvalue weighted by Crippen LogP contribution is 2.37. The monoisotopic (exact) mass is 511 g/mol. The van der Waals surface area contributed by atoms with Gasteiger partial charge in [0, 0.05) is 49.8 Å². The molecule has 38 heavy (non-hydrogen) atoms. The van der Waals surface area contributed by atoms with Crippen LogP contribution < -0.4 is 10.1 Å². The van der Waals surface area contributed by atoms with Crippen molar-refractivity contribution in [3.63, 3.8) is 0 Å². The third kappa shape index (κ3) is 4.01.